The van der Waals surface area contributed by atoms with Crippen LogP contribution in [0.4, 0.5) is 0 Å². The van der Waals surface area contributed by atoms with Gasteiger partial charge in [0.25, 0.3) is 0 Å². The molecule has 1 heterocycles. The predicted octanol–water partition coefficient (Wildman–Crippen LogP) is 3.06. The van der Waals surface area contributed by atoms with Gasteiger partial charge in [0.15, 0.2) is 0 Å². The van der Waals surface area contributed by atoms with E-state index in [0.29, 0.717) is 6.42 Å². The molecule has 1 aliphatic rings. The number of hydrogen-bond acceptors (Lipinski definition) is 2. The van der Waals surface area contributed by atoms with Gasteiger partial charge < -0.3 is 9.84 Å². The maximum absolute atomic E-state index is 10.7. The van der Waals surface area contributed by atoms with Gasteiger partial charge in [0, 0.05) is 12.5 Å². The first-order chi connectivity index (χ1) is 8.15. The Morgan fingerprint density at radius 1 is 1.41 bits per heavy atom. The second kappa shape index (κ2) is 4.87. The van der Waals surface area contributed by atoms with Gasteiger partial charge in [-0.1, -0.05) is 30.3 Å². The van der Waals surface area contributed by atoms with Gasteiger partial charge in [-0.25, -0.2) is 4.79 Å². The van der Waals surface area contributed by atoms with Crippen molar-refractivity contribution in [3.63, 3.8) is 0 Å². The van der Waals surface area contributed by atoms with Crippen LogP contribution >= 0.6 is 0 Å². The second-order valence-corrected chi connectivity index (χ2v) is 4.03. The lowest BCUT2D eigenvalue weighted by molar-refractivity contribution is -0.131. The van der Waals surface area contributed by atoms with Crippen molar-refractivity contribution in [1.82, 2.24) is 0 Å². The van der Waals surface area contributed by atoms with Crippen molar-refractivity contribution in [1.29, 1.82) is 0 Å². The summed E-state index contributed by atoms with van der Waals surface area (Å²) in [6.45, 7) is 1.84. The van der Waals surface area contributed by atoms with E-state index in [-0.39, 0.29) is 6.10 Å². The van der Waals surface area contributed by atoms with E-state index < -0.39 is 5.97 Å². The molecule has 0 amide bonds. The Labute approximate surface area is 100 Å². The first-order valence-corrected chi connectivity index (χ1v) is 5.48. The van der Waals surface area contributed by atoms with E-state index in [2.05, 4.69) is 0 Å². The summed E-state index contributed by atoms with van der Waals surface area (Å²) in [6.07, 6.45) is 3.51. The number of carboxylic acids is 1. The zero-order valence-corrected chi connectivity index (χ0v) is 9.59. The molecule has 1 aromatic carbocycles. The minimum atomic E-state index is -0.919. The third kappa shape index (κ3) is 2.97. The lowest BCUT2D eigenvalue weighted by Gasteiger charge is -2.24. The quantitative estimate of drug-likeness (QED) is 0.794. The van der Waals surface area contributed by atoms with E-state index in [1.54, 1.807) is 6.08 Å². The number of rotatable bonds is 2. The molecule has 0 aliphatic carbocycles. The third-order valence-corrected chi connectivity index (χ3v) is 2.62. The van der Waals surface area contributed by atoms with Crippen LogP contribution in [-0.4, -0.2) is 11.1 Å². The molecule has 17 heavy (non-hydrogen) atoms. The zero-order valence-electron chi connectivity index (χ0n) is 9.59. The maximum atomic E-state index is 10.7. The number of carbonyl (C=O) groups is 1. The SMILES string of the molecule is CC1=C/C(=C/C(=O)O)CC(c2ccccc2)O1. The Balaban J connectivity index is 2.24. The molecule has 1 aromatic rings. The highest BCUT2D eigenvalue weighted by Crippen LogP contribution is 2.32. The molecule has 0 radical (unpaired) electrons. The first-order valence-electron chi connectivity index (χ1n) is 5.48. The van der Waals surface area contributed by atoms with Gasteiger partial charge in [-0.3, -0.25) is 0 Å². The Hall–Kier alpha value is -2.03. The molecule has 1 aliphatic heterocycles. The summed E-state index contributed by atoms with van der Waals surface area (Å²) in [5.74, 6) is -0.171. The minimum absolute atomic E-state index is 0.0909. The number of carboxylic acid groups (broad SMARTS) is 1. The van der Waals surface area contributed by atoms with Crippen molar-refractivity contribution in [3.05, 3.63) is 59.4 Å². The monoisotopic (exact) mass is 230 g/mol. The summed E-state index contributed by atoms with van der Waals surface area (Å²) in [7, 11) is 0. The smallest absolute Gasteiger partial charge is 0.328 e. The molecule has 0 spiro atoms. The van der Waals surface area contributed by atoms with Crippen molar-refractivity contribution in [2.75, 3.05) is 0 Å². The van der Waals surface area contributed by atoms with Crippen molar-refractivity contribution in [2.45, 2.75) is 19.4 Å². The molecule has 2 rings (SSSR count). The van der Waals surface area contributed by atoms with Gasteiger partial charge >= 0.3 is 5.97 Å². The molecule has 0 bridgehead atoms. The first kappa shape index (κ1) is 11.5. The van der Waals surface area contributed by atoms with Gasteiger partial charge in [-0.2, -0.15) is 0 Å². The average molecular weight is 230 g/mol. The van der Waals surface area contributed by atoms with Crippen LogP contribution in [0.2, 0.25) is 0 Å². The maximum Gasteiger partial charge on any atom is 0.328 e. The highest BCUT2D eigenvalue weighted by atomic mass is 16.5. The van der Waals surface area contributed by atoms with E-state index in [1.165, 1.54) is 6.08 Å². The van der Waals surface area contributed by atoms with Crippen molar-refractivity contribution < 1.29 is 14.6 Å². The van der Waals surface area contributed by atoms with E-state index >= 15 is 0 Å². The van der Waals surface area contributed by atoms with Crippen molar-refractivity contribution in [2.24, 2.45) is 0 Å². The third-order valence-electron chi connectivity index (χ3n) is 2.62. The summed E-state index contributed by atoms with van der Waals surface area (Å²) >= 11 is 0. The highest BCUT2D eigenvalue weighted by molar-refractivity contribution is 5.81. The molecule has 1 unspecified atom stereocenters. The fourth-order valence-electron chi connectivity index (χ4n) is 1.95. The Kier molecular flexibility index (Phi) is 3.28. The summed E-state index contributed by atoms with van der Waals surface area (Å²) in [5, 5.41) is 8.76. The molecule has 1 atom stereocenters. The van der Waals surface area contributed by atoms with Gasteiger partial charge in [0.05, 0.1) is 5.76 Å². The van der Waals surface area contributed by atoms with Crippen LogP contribution in [0.5, 0.6) is 0 Å². The fourth-order valence-corrected chi connectivity index (χ4v) is 1.95. The number of ether oxygens (including phenoxy) is 1. The lowest BCUT2D eigenvalue weighted by Crippen LogP contribution is -2.10. The standard InChI is InChI=1S/C14H14O3/c1-10-7-11(9-14(15)16)8-13(17-10)12-5-3-2-4-6-12/h2-7,9,13H,8H2,1H3,(H,15,16)/b11-9-. The van der Waals surface area contributed by atoms with Crippen LogP contribution in [0, 0.1) is 0 Å². The minimum Gasteiger partial charge on any atom is -0.490 e. The van der Waals surface area contributed by atoms with Gasteiger partial charge in [0.2, 0.25) is 0 Å². The molecular formula is C14H14O3. The Bertz CT molecular complexity index is 472. The largest absolute Gasteiger partial charge is 0.490 e. The molecule has 88 valence electrons. The van der Waals surface area contributed by atoms with Crippen LogP contribution in [0.3, 0.4) is 0 Å². The molecule has 0 saturated carbocycles. The average Bonchev–Trinajstić information content (AvgIpc) is 2.28. The van der Waals surface area contributed by atoms with Gasteiger partial charge in [0.1, 0.15) is 6.10 Å². The second-order valence-electron chi connectivity index (χ2n) is 4.03. The number of benzene rings is 1. The normalized spacial score (nSPS) is 21.8. The lowest BCUT2D eigenvalue weighted by atomic mass is 9.98. The molecular weight excluding hydrogens is 216 g/mol. The van der Waals surface area contributed by atoms with Crippen molar-refractivity contribution >= 4 is 5.97 Å². The summed E-state index contributed by atoms with van der Waals surface area (Å²) in [4.78, 5) is 10.7. The van der Waals surface area contributed by atoms with Crippen LogP contribution in [0.1, 0.15) is 25.0 Å². The fraction of sp³-hybridized carbons (Fsp3) is 0.214. The van der Waals surface area contributed by atoms with E-state index in [4.69, 9.17) is 9.84 Å². The number of hydrogen-bond donors (Lipinski definition) is 1. The number of aliphatic carboxylic acids is 1. The van der Waals surface area contributed by atoms with E-state index in [9.17, 15) is 4.79 Å². The van der Waals surface area contributed by atoms with Crippen LogP contribution in [0.15, 0.2) is 53.8 Å². The zero-order chi connectivity index (χ0) is 12.3. The molecule has 0 aromatic heterocycles. The van der Waals surface area contributed by atoms with Crippen LogP contribution < -0.4 is 0 Å². The molecule has 0 saturated heterocycles. The molecule has 1 N–H and O–H groups in total. The van der Waals surface area contributed by atoms with E-state index in [0.717, 1.165) is 16.9 Å². The van der Waals surface area contributed by atoms with Gasteiger partial charge in [-0.05, 0) is 24.1 Å². The van der Waals surface area contributed by atoms with Gasteiger partial charge in [-0.15, -0.1) is 0 Å². The topological polar surface area (TPSA) is 46.5 Å². The van der Waals surface area contributed by atoms with Crippen molar-refractivity contribution in [3.8, 4) is 0 Å². The highest BCUT2D eigenvalue weighted by Gasteiger charge is 2.19. The summed E-state index contributed by atoms with van der Waals surface area (Å²) in [6, 6.07) is 9.83. The van der Waals surface area contributed by atoms with E-state index in [1.807, 2.05) is 37.3 Å². The Morgan fingerprint density at radius 3 is 2.76 bits per heavy atom. The van der Waals surface area contributed by atoms with Crippen LogP contribution in [-0.2, 0) is 9.53 Å². The number of allylic oxidation sites excluding steroid dienone is 2. The summed E-state index contributed by atoms with van der Waals surface area (Å²) < 4.78 is 5.71. The predicted molar refractivity (Wildman–Crippen MR) is 64.4 cm³/mol. The summed E-state index contributed by atoms with van der Waals surface area (Å²) in [5.41, 5.74) is 1.85. The molecule has 0 fully saturated rings. The molecule has 3 heteroatoms. The molecule has 3 nitrogen and oxygen atoms in total. The Morgan fingerprint density at radius 2 is 2.12 bits per heavy atom. The van der Waals surface area contributed by atoms with Crippen LogP contribution in [0.25, 0.3) is 0 Å².